The van der Waals surface area contributed by atoms with Gasteiger partial charge in [0.05, 0.1) is 12.8 Å². The number of amides is 1. The highest BCUT2D eigenvalue weighted by atomic mass is 32.2. The van der Waals surface area contributed by atoms with E-state index in [9.17, 15) is 13.2 Å². The van der Waals surface area contributed by atoms with E-state index in [0.29, 0.717) is 18.9 Å². The Morgan fingerprint density at radius 2 is 2.00 bits per heavy atom. The quantitative estimate of drug-likeness (QED) is 0.760. The second-order valence-corrected chi connectivity index (χ2v) is 8.39. The molecular formula is C17H25N3O3S. The number of carbonyl (C=O) groups is 1. The number of sulfonamides is 1. The van der Waals surface area contributed by atoms with Crippen molar-refractivity contribution in [1.82, 2.24) is 14.6 Å². The number of fused-ring (bicyclic) bond motifs is 1. The molecule has 0 atom stereocenters. The van der Waals surface area contributed by atoms with Crippen LogP contribution in [0.2, 0.25) is 0 Å². The van der Waals surface area contributed by atoms with Crippen LogP contribution in [-0.4, -0.2) is 49.5 Å². The average molecular weight is 351 g/mol. The van der Waals surface area contributed by atoms with E-state index in [-0.39, 0.29) is 19.0 Å². The molecule has 0 aliphatic rings. The molecule has 0 radical (unpaired) electrons. The summed E-state index contributed by atoms with van der Waals surface area (Å²) in [6.45, 7) is 4.65. The van der Waals surface area contributed by atoms with Crippen molar-refractivity contribution in [2.45, 2.75) is 20.3 Å². The van der Waals surface area contributed by atoms with Gasteiger partial charge in [-0.1, -0.05) is 32.0 Å². The second-order valence-electron chi connectivity index (χ2n) is 6.40. The molecule has 0 aliphatic heterocycles. The molecule has 7 heteroatoms. The van der Waals surface area contributed by atoms with Gasteiger partial charge in [-0.15, -0.1) is 0 Å². The van der Waals surface area contributed by atoms with E-state index < -0.39 is 10.0 Å². The van der Waals surface area contributed by atoms with Crippen molar-refractivity contribution in [3.05, 3.63) is 36.0 Å². The Hall–Kier alpha value is -1.86. The zero-order chi connectivity index (χ0) is 17.7. The van der Waals surface area contributed by atoms with Crippen LogP contribution in [0.3, 0.4) is 0 Å². The molecule has 0 spiro atoms. The number of H-pyrrole nitrogens is 1. The maximum Gasteiger partial charge on any atom is 0.235 e. The van der Waals surface area contributed by atoms with Gasteiger partial charge in [0.1, 0.15) is 0 Å². The highest BCUT2D eigenvalue weighted by Gasteiger charge is 2.20. The summed E-state index contributed by atoms with van der Waals surface area (Å²) in [7, 11) is -3.44. The first-order chi connectivity index (χ1) is 11.3. The van der Waals surface area contributed by atoms with Gasteiger partial charge >= 0.3 is 0 Å². The number of aromatic nitrogens is 1. The molecular weight excluding hydrogens is 326 g/mol. The number of benzene rings is 1. The zero-order valence-electron chi connectivity index (χ0n) is 14.4. The van der Waals surface area contributed by atoms with E-state index in [4.69, 9.17) is 0 Å². The molecule has 2 aromatic rings. The Kier molecular flexibility index (Phi) is 6.01. The molecule has 6 nitrogen and oxygen atoms in total. The van der Waals surface area contributed by atoms with Crippen molar-refractivity contribution in [2.24, 2.45) is 5.92 Å². The van der Waals surface area contributed by atoms with Gasteiger partial charge in [-0.25, -0.2) is 8.42 Å². The summed E-state index contributed by atoms with van der Waals surface area (Å²) in [6.07, 6.45) is 3.58. The summed E-state index contributed by atoms with van der Waals surface area (Å²) in [4.78, 5) is 15.1. The number of carbonyl (C=O) groups excluding carboxylic acids is 1. The van der Waals surface area contributed by atoms with E-state index >= 15 is 0 Å². The number of hydrogen-bond donors (Lipinski definition) is 2. The fourth-order valence-electron chi connectivity index (χ4n) is 2.48. The monoisotopic (exact) mass is 351 g/mol. The Balaban J connectivity index is 2.03. The van der Waals surface area contributed by atoms with Crippen molar-refractivity contribution < 1.29 is 13.2 Å². The van der Waals surface area contributed by atoms with Crippen LogP contribution in [0.1, 0.15) is 19.4 Å². The predicted octanol–water partition coefficient (Wildman–Crippen LogP) is 1.74. The molecule has 1 aromatic carbocycles. The van der Waals surface area contributed by atoms with Crippen LogP contribution in [0.4, 0.5) is 0 Å². The third-order valence-corrected chi connectivity index (χ3v) is 5.05. The van der Waals surface area contributed by atoms with Gasteiger partial charge in [0, 0.05) is 30.2 Å². The minimum absolute atomic E-state index is 0.145. The fraction of sp³-hybridized carbons (Fsp3) is 0.471. The molecule has 1 amide bonds. The van der Waals surface area contributed by atoms with Crippen LogP contribution in [0.15, 0.2) is 30.5 Å². The molecule has 0 aliphatic carbocycles. The maximum atomic E-state index is 12.0. The van der Waals surface area contributed by atoms with Gasteiger partial charge < -0.3 is 10.3 Å². The Morgan fingerprint density at radius 3 is 2.67 bits per heavy atom. The zero-order valence-corrected chi connectivity index (χ0v) is 15.2. The summed E-state index contributed by atoms with van der Waals surface area (Å²) in [5, 5.41) is 3.84. The lowest BCUT2D eigenvalue weighted by atomic mass is 10.1. The van der Waals surface area contributed by atoms with Crippen LogP contribution in [0.5, 0.6) is 0 Å². The maximum absolute atomic E-state index is 12.0. The van der Waals surface area contributed by atoms with Crippen LogP contribution < -0.4 is 5.32 Å². The molecule has 1 heterocycles. The highest BCUT2D eigenvalue weighted by Crippen LogP contribution is 2.18. The van der Waals surface area contributed by atoms with Crippen molar-refractivity contribution in [2.75, 3.05) is 25.9 Å². The third kappa shape index (κ3) is 5.07. The largest absolute Gasteiger partial charge is 0.361 e. The van der Waals surface area contributed by atoms with Crippen molar-refractivity contribution in [1.29, 1.82) is 0 Å². The molecule has 2 N–H and O–H groups in total. The number of nitrogens with zero attached hydrogens (tertiary/aromatic N) is 1. The Labute approximate surface area is 143 Å². The lowest BCUT2D eigenvalue weighted by Crippen LogP contribution is -2.42. The topological polar surface area (TPSA) is 82.3 Å². The molecule has 0 bridgehead atoms. The van der Waals surface area contributed by atoms with Gasteiger partial charge in [0.25, 0.3) is 0 Å². The molecule has 0 fully saturated rings. The van der Waals surface area contributed by atoms with E-state index in [0.717, 1.165) is 22.7 Å². The minimum Gasteiger partial charge on any atom is -0.361 e. The lowest BCUT2D eigenvalue weighted by Gasteiger charge is -2.19. The molecule has 2 rings (SSSR count). The number of aromatic amines is 1. The summed E-state index contributed by atoms with van der Waals surface area (Å²) < 4.78 is 25.2. The smallest absolute Gasteiger partial charge is 0.235 e. The number of nitrogens with one attached hydrogen (secondary N) is 2. The van der Waals surface area contributed by atoms with Crippen LogP contribution >= 0.6 is 0 Å². The summed E-state index contributed by atoms with van der Waals surface area (Å²) >= 11 is 0. The number of hydrogen-bond acceptors (Lipinski definition) is 3. The third-order valence-electron chi connectivity index (χ3n) is 3.80. The number of para-hydroxylation sites is 1. The molecule has 132 valence electrons. The summed E-state index contributed by atoms with van der Waals surface area (Å²) in [5.41, 5.74) is 2.06. The van der Waals surface area contributed by atoms with Gasteiger partial charge in [-0.3, -0.25) is 4.79 Å². The van der Waals surface area contributed by atoms with Crippen LogP contribution in [0.25, 0.3) is 10.9 Å². The SMILES string of the molecule is CC(C)CNC(=O)CN(CCc1c[nH]c2ccccc12)S(C)(=O)=O. The number of rotatable bonds is 8. The molecule has 24 heavy (non-hydrogen) atoms. The summed E-state index contributed by atoms with van der Waals surface area (Å²) in [5.74, 6) is 0.0555. The normalized spacial score (nSPS) is 12.2. The molecule has 1 aromatic heterocycles. The molecule has 0 saturated heterocycles. The average Bonchev–Trinajstić information content (AvgIpc) is 2.91. The second kappa shape index (κ2) is 7.81. The van der Waals surface area contributed by atoms with Gasteiger partial charge in [0.2, 0.25) is 15.9 Å². The van der Waals surface area contributed by atoms with Crippen molar-refractivity contribution in [3.8, 4) is 0 Å². The Morgan fingerprint density at radius 1 is 1.29 bits per heavy atom. The van der Waals surface area contributed by atoms with E-state index in [1.807, 2.05) is 44.3 Å². The first-order valence-corrected chi connectivity index (χ1v) is 9.89. The van der Waals surface area contributed by atoms with Crippen molar-refractivity contribution in [3.63, 3.8) is 0 Å². The molecule has 0 unspecified atom stereocenters. The van der Waals surface area contributed by atoms with E-state index in [1.165, 1.54) is 4.31 Å². The first kappa shape index (κ1) is 18.5. The van der Waals surface area contributed by atoms with Crippen LogP contribution in [-0.2, 0) is 21.2 Å². The minimum atomic E-state index is -3.44. The standard InChI is InChI=1S/C17H25N3O3S/c1-13(2)10-19-17(21)12-20(24(3,22)23)9-8-14-11-18-16-7-5-4-6-15(14)16/h4-7,11,13,18H,8-10,12H2,1-3H3,(H,19,21). The van der Waals surface area contributed by atoms with Gasteiger partial charge in [0.15, 0.2) is 0 Å². The van der Waals surface area contributed by atoms with Crippen LogP contribution in [0, 0.1) is 5.92 Å². The van der Waals surface area contributed by atoms with E-state index in [1.54, 1.807) is 0 Å². The predicted molar refractivity (Wildman–Crippen MR) is 96.3 cm³/mol. The van der Waals surface area contributed by atoms with E-state index in [2.05, 4.69) is 10.3 Å². The Bertz CT molecular complexity index is 796. The highest BCUT2D eigenvalue weighted by molar-refractivity contribution is 7.88. The summed E-state index contributed by atoms with van der Waals surface area (Å²) in [6, 6.07) is 7.88. The molecule has 0 saturated carbocycles. The first-order valence-electron chi connectivity index (χ1n) is 8.04. The lowest BCUT2D eigenvalue weighted by molar-refractivity contribution is -0.121. The fourth-order valence-corrected chi connectivity index (χ4v) is 3.25. The van der Waals surface area contributed by atoms with Crippen molar-refractivity contribution >= 4 is 26.8 Å². The van der Waals surface area contributed by atoms with Gasteiger partial charge in [-0.05, 0) is 24.0 Å². The van der Waals surface area contributed by atoms with Gasteiger partial charge in [-0.2, -0.15) is 4.31 Å².